The van der Waals surface area contributed by atoms with Gasteiger partial charge in [0.05, 0.1) is 5.92 Å². The SMILES string of the molecule is Cl.NN.O=C(O)C1CCC(CN2C(=O)C=CC2=O)CC1. The van der Waals surface area contributed by atoms with E-state index in [0.717, 1.165) is 12.8 Å². The Morgan fingerprint density at radius 3 is 2.00 bits per heavy atom. The number of rotatable bonds is 3. The molecule has 0 aromatic carbocycles. The number of nitrogens with two attached hydrogens (primary N) is 2. The molecule has 1 aliphatic carbocycles. The Balaban J connectivity index is 0.00000115. The number of hydrazine groups is 1. The summed E-state index contributed by atoms with van der Waals surface area (Å²) in [5.74, 6) is 6.75. The van der Waals surface area contributed by atoms with Gasteiger partial charge in [-0.05, 0) is 31.6 Å². The van der Waals surface area contributed by atoms with Crippen molar-refractivity contribution in [3.63, 3.8) is 0 Å². The number of aliphatic carboxylic acids is 1. The summed E-state index contributed by atoms with van der Waals surface area (Å²) in [6, 6.07) is 0. The van der Waals surface area contributed by atoms with Crippen molar-refractivity contribution in [3.05, 3.63) is 12.2 Å². The quantitative estimate of drug-likeness (QED) is 0.384. The smallest absolute Gasteiger partial charge is 0.306 e. The van der Waals surface area contributed by atoms with Crippen molar-refractivity contribution >= 4 is 30.2 Å². The van der Waals surface area contributed by atoms with Gasteiger partial charge in [0.15, 0.2) is 0 Å². The Bertz CT molecular complexity index is 374. The molecular formula is C12H20ClN3O4. The van der Waals surface area contributed by atoms with E-state index in [4.69, 9.17) is 5.11 Å². The van der Waals surface area contributed by atoms with Crippen LogP contribution in [0.15, 0.2) is 12.2 Å². The van der Waals surface area contributed by atoms with Gasteiger partial charge < -0.3 is 5.11 Å². The van der Waals surface area contributed by atoms with Crippen LogP contribution < -0.4 is 11.7 Å². The lowest BCUT2D eigenvalue weighted by molar-refractivity contribution is -0.144. The van der Waals surface area contributed by atoms with Crippen molar-refractivity contribution < 1.29 is 19.5 Å². The van der Waals surface area contributed by atoms with Gasteiger partial charge in [0.1, 0.15) is 0 Å². The van der Waals surface area contributed by atoms with E-state index in [-0.39, 0.29) is 36.1 Å². The lowest BCUT2D eigenvalue weighted by Crippen LogP contribution is -2.36. The number of carboxylic acids is 1. The molecule has 8 heteroatoms. The highest BCUT2D eigenvalue weighted by Gasteiger charge is 2.30. The topological polar surface area (TPSA) is 127 Å². The largest absolute Gasteiger partial charge is 0.481 e. The third kappa shape index (κ3) is 4.59. The van der Waals surface area contributed by atoms with Crippen LogP contribution >= 0.6 is 12.4 Å². The zero-order valence-corrected chi connectivity index (χ0v) is 11.8. The van der Waals surface area contributed by atoms with Crippen LogP contribution in [-0.4, -0.2) is 34.3 Å². The second-order valence-electron chi connectivity index (χ2n) is 4.68. The molecule has 0 unspecified atom stereocenters. The lowest BCUT2D eigenvalue weighted by Gasteiger charge is -2.28. The number of carboxylic acid groups (broad SMARTS) is 1. The molecule has 0 radical (unpaired) electrons. The summed E-state index contributed by atoms with van der Waals surface area (Å²) in [4.78, 5) is 34.7. The van der Waals surface area contributed by atoms with Gasteiger partial charge in [-0.25, -0.2) is 0 Å². The number of hydrogen-bond donors (Lipinski definition) is 3. The Morgan fingerprint density at radius 2 is 1.60 bits per heavy atom. The second-order valence-corrected chi connectivity index (χ2v) is 4.68. The Hall–Kier alpha value is -1.44. The van der Waals surface area contributed by atoms with E-state index in [0.29, 0.717) is 19.4 Å². The number of imide groups is 1. The molecule has 2 amide bonds. The first-order chi connectivity index (χ1) is 9.08. The summed E-state index contributed by atoms with van der Waals surface area (Å²) in [5.41, 5.74) is 0. The standard InChI is InChI=1S/C12H15NO4.ClH.H4N2/c14-10-5-6-11(15)13(10)7-8-1-3-9(4-2-8)12(16)17;;1-2/h5-6,8-9H,1-4,7H2,(H,16,17);1H;1-2H2. The lowest BCUT2D eigenvalue weighted by atomic mass is 9.82. The first-order valence-electron chi connectivity index (χ1n) is 6.17. The van der Waals surface area contributed by atoms with E-state index in [1.54, 1.807) is 0 Å². The third-order valence-electron chi connectivity index (χ3n) is 3.54. The maximum absolute atomic E-state index is 11.4. The Labute approximate surface area is 123 Å². The number of carbonyl (C=O) groups is 3. The minimum absolute atomic E-state index is 0. The molecule has 1 fully saturated rings. The van der Waals surface area contributed by atoms with Crippen LogP contribution in [0.5, 0.6) is 0 Å². The molecule has 0 aromatic rings. The number of carbonyl (C=O) groups excluding carboxylic acids is 2. The number of halogens is 1. The predicted molar refractivity (Wildman–Crippen MR) is 74.6 cm³/mol. The van der Waals surface area contributed by atoms with Crippen LogP contribution in [0.3, 0.4) is 0 Å². The van der Waals surface area contributed by atoms with Crippen molar-refractivity contribution in [2.75, 3.05) is 6.54 Å². The summed E-state index contributed by atoms with van der Waals surface area (Å²) in [6.07, 6.45) is 5.39. The summed E-state index contributed by atoms with van der Waals surface area (Å²) >= 11 is 0. The highest BCUT2D eigenvalue weighted by molar-refractivity contribution is 6.12. The number of amides is 2. The minimum atomic E-state index is -0.738. The average molecular weight is 306 g/mol. The van der Waals surface area contributed by atoms with E-state index in [9.17, 15) is 14.4 Å². The van der Waals surface area contributed by atoms with Crippen molar-refractivity contribution in [1.82, 2.24) is 4.90 Å². The Kier molecular flexibility index (Phi) is 8.05. The highest BCUT2D eigenvalue weighted by atomic mass is 35.5. The monoisotopic (exact) mass is 305 g/mol. The normalized spacial score (nSPS) is 24.8. The minimum Gasteiger partial charge on any atom is -0.481 e. The molecule has 1 saturated carbocycles. The van der Waals surface area contributed by atoms with Gasteiger partial charge in [0, 0.05) is 18.7 Å². The molecule has 1 aliphatic heterocycles. The zero-order chi connectivity index (χ0) is 14.4. The highest BCUT2D eigenvalue weighted by Crippen LogP contribution is 2.29. The molecule has 20 heavy (non-hydrogen) atoms. The van der Waals surface area contributed by atoms with Gasteiger partial charge in [-0.2, -0.15) is 0 Å². The fraction of sp³-hybridized carbons (Fsp3) is 0.583. The van der Waals surface area contributed by atoms with Gasteiger partial charge in [0.25, 0.3) is 11.8 Å². The fourth-order valence-electron chi connectivity index (χ4n) is 2.46. The molecule has 0 atom stereocenters. The number of hydrogen-bond acceptors (Lipinski definition) is 5. The first-order valence-corrected chi connectivity index (χ1v) is 6.17. The summed E-state index contributed by atoms with van der Waals surface area (Å²) in [5, 5.41) is 8.86. The van der Waals surface area contributed by atoms with Gasteiger partial charge in [-0.3, -0.25) is 31.0 Å². The van der Waals surface area contributed by atoms with Gasteiger partial charge in [-0.1, -0.05) is 0 Å². The van der Waals surface area contributed by atoms with Gasteiger partial charge >= 0.3 is 5.97 Å². The van der Waals surface area contributed by atoms with E-state index in [1.165, 1.54) is 17.1 Å². The maximum atomic E-state index is 11.4. The maximum Gasteiger partial charge on any atom is 0.306 e. The second kappa shape index (κ2) is 8.68. The van der Waals surface area contributed by atoms with E-state index in [1.807, 2.05) is 0 Å². The van der Waals surface area contributed by atoms with Gasteiger partial charge in [-0.15, -0.1) is 12.4 Å². The van der Waals surface area contributed by atoms with E-state index >= 15 is 0 Å². The predicted octanol–water partition coefficient (Wildman–Crippen LogP) is 0.0430. The van der Waals surface area contributed by atoms with E-state index in [2.05, 4.69) is 11.7 Å². The van der Waals surface area contributed by atoms with Crippen LogP contribution in [0.1, 0.15) is 25.7 Å². The first kappa shape index (κ1) is 18.6. The summed E-state index contributed by atoms with van der Waals surface area (Å²) in [6.45, 7) is 0.428. The molecule has 0 bridgehead atoms. The van der Waals surface area contributed by atoms with Crippen LogP contribution in [-0.2, 0) is 14.4 Å². The molecule has 0 aromatic heterocycles. The van der Waals surface area contributed by atoms with Crippen LogP contribution in [0.2, 0.25) is 0 Å². The molecule has 1 heterocycles. The van der Waals surface area contributed by atoms with Crippen molar-refractivity contribution in [3.8, 4) is 0 Å². The number of nitrogens with zero attached hydrogens (tertiary/aromatic N) is 1. The summed E-state index contributed by atoms with van der Waals surface area (Å²) < 4.78 is 0. The third-order valence-corrected chi connectivity index (χ3v) is 3.54. The molecule has 0 spiro atoms. The molecule has 114 valence electrons. The van der Waals surface area contributed by atoms with Crippen molar-refractivity contribution in [2.24, 2.45) is 23.5 Å². The zero-order valence-electron chi connectivity index (χ0n) is 11.0. The molecule has 0 saturated heterocycles. The molecule has 7 nitrogen and oxygen atoms in total. The average Bonchev–Trinajstić information content (AvgIpc) is 2.73. The van der Waals surface area contributed by atoms with Crippen LogP contribution in [0.25, 0.3) is 0 Å². The fourth-order valence-corrected chi connectivity index (χ4v) is 2.46. The van der Waals surface area contributed by atoms with Crippen molar-refractivity contribution in [2.45, 2.75) is 25.7 Å². The summed E-state index contributed by atoms with van der Waals surface area (Å²) in [7, 11) is 0. The molecular weight excluding hydrogens is 286 g/mol. The Morgan fingerprint density at radius 1 is 1.15 bits per heavy atom. The van der Waals surface area contributed by atoms with Crippen LogP contribution in [0, 0.1) is 11.8 Å². The van der Waals surface area contributed by atoms with Crippen molar-refractivity contribution in [1.29, 1.82) is 0 Å². The molecule has 2 aliphatic rings. The molecule has 5 N–H and O–H groups in total. The molecule has 2 rings (SSSR count). The van der Waals surface area contributed by atoms with Gasteiger partial charge in [0.2, 0.25) is 0 Å². The van der Waals surface area contributed by atoms with E-state index < -0.39 is 5.97 Å². The van der Waals surface area contributed by atoms with Crippen LogP contribution in [0.4, 0.5) is 0 Å².